The summed E-state index contributed by atoms with van der Waals surface area (Å²) in [7, 11) is 0. The van der Waals surface area contributed by atoms with Crippen molar-refractivity contribution in [3.8, 4) is 0 Å². The van der Waals surface area contributed by atoms with Gasteiger partial charge < -0.3 is 14.6 Å². The molecule has 1 N–H and O–H groups in total. The lowest BCUT2D eigenvalue weighted by Crippen LogP contribution is -2.39. The highest BCUT2D eigenvalue weighted by Crippen LogP contribution is 2.26. The van der Waals surface area contributed by atoms with Crippen LogP contribution >= 0.6 is 0 Å². The molecule has 0 bridgehead atoms. The van der Waals surface area contributed by atoms with E-state index >= 15 is 0 Å². The third-order valence-corrected chi connectivity index (χ3v) is 4.67. The number of carbonyl (C=O) groups excluding carboxylic acids is 1. The highest BCUT2D eigenvalue weighted by atomic mass is 16.3. The summed E-state index contributed by atoms with van der Waals surface area (Å²) in [5.74, 6) is -0.00712. The Morgan fingerprint density at radius 3 is 2.83 bits per heavy atom. The van der Waals surface area contributed by atoms with Crippen LogP contribution in [0, 0.1) is 13.8 Å². The van der Waals surface area contributed by atoms with Crippen molar-refractivity contribution in [2.24, 2.45) is 0 Å². The van der Waals surface area contributed by atoms with E-state index < -0.39 is 5.60 Å². The maximum Gasteiger partial charge on any atom is 0.255 e. The molecule has 0 aliphatic carbocycles. The second-order valence-corrected chi connectivity index (χ2v) is 6.33. The molecule has 0 radical (unpaired) electrons. The standard InChI is InChI=1S/C16H23N5O2/c1-4-21-12(2)9-14(13(21)3)15(22)19-7-5-16(23,10-19)11-20-8-6-17-18-20/h6,8-9,23H,4-5,7,10-11H2,1-3H3. The van der Waals surface area contributed by atoms with Crippen molar-refractivity contribution in [2.75, 3.05) is 13.1 Å². The van der Waals surface area contributed by atoms with E-state index in [4.69, 9.17) is 0 Å². The monoisotopic (exact) mass is 317 g/mol. The molecule has 1 aliphatic rings. The number of hydrogen-bond donors (Lipinski definition) is 1. The maximum absolute atomic E-state index is 12.8. The summed E-state index contributed by atoms with van der Waals surface area (Å²) in [4.78, 5) is 14.5. The van der Waals surface area contributed by atoms with Gasteiger partial charge in [0.05, 0.1) is 24.8 Å². The number of rotatable bonds is 4. The average molecular weight is 317 g/mol. The van der Waals surface area contributed by atoms with Crippen LogP contribution in [0.15, 0.2) is 18.5 Å². The Kier molecular flexibility index (Phi) is 3.97. The van der Waals surface area contributed by atoms with Crippen LogP contribution in [0.1, 0.15) is 35.1 Å². The third kappa shape index (κ3) is 2.88. The predicted octanol–water partition coefficient (Wildman–Crippen LogP) is 0.994. The lowest BCUT2D eigenvalue weighted by molar-refractivity contribution is 0.0266. The molecule has 7 nitrogen and oxygen atoms in total. The molecule has 1 atom stereocenters. The first-order chi connectivity index (χ1) is 10.9. The maximum atomic E-state index is 12.8. The van der Waals surface area contributed by atoms with Crippen LogP contribution in [-0.4, -0.2) is 54.2 Å². The summed E-state index contributed by atoms with van der Waals surface area (Å²) in [6.07, 6.45) is 3.85. The number of aryl methyl sites for hydroxylation is 1. The Bertz CT molecular complexity index is 706. The van der Waals surface area contributed by atoms with Gasteiger partial charge in [-0.15, -0.1) is 5.10 Å². The molecular weight excluding hydrogens is 294 g/mol. The van der Waals surface area contributed by atoms with Crippen molar-refractivity contribution in [3.63, 3.8) is 0 Å². The average Bonchev–Trinajstić information content (AvgIpc) is 3.20. The predicted molar refractivity (Wildman–Crippen MR) is 85.1 cm³/mol. The van der Waals surface area contributed by atoms with E-state index in [0.29, 0.717) is 26.1 Å². The molecule has 0 saturated carbocycles. The third-order valence-electron chi connectivity index (χ3n) is 4.67. The van der Waals surface area contributed by atoms with Crippen molar-refractivity contribution in [1.29, 1.82) is 0 Å². The highest BCUT2D eigenvalue weighted by molar-refractivity contribution is 5.96. The normalized spacial score (nSPS) is 21.1. The molecule has 1 fully saturated rings. The van der Waals surface area contributed by atoms with Crippen molar-refractivity contribution in [1.82, 2.24) is 24.5 Å². The number of nitrogens with zero attached hydrogens (tertiary/aromatic N) is 5. The minimum absolute atomic E-state index is 0.00712. The Morgan fingerprint density at radius 1 is 1.43 bits per heavy atom. The topological polar surface area (TPSA) is 76.2 Å². The molecule has 1 unspecified atom stereocenters. The van der Waals surface area contributed by atoms with E-state index in [-0.39, 0.29) is 5.91 Å². The van der Waals surface area contributed by atoms with Crippen LogP contribution < -0.4 is 0 Å². The van der Waals surface area contributed by atoms with Gasteiger partial charge in [-0.2, -0.15) is 0 Å². The fourth-order valence-corrected chi connectivity index (χ4v) is 3.45. The first-order valence-corrected chi connectivity index (χ1v) is 7.96. The van der Waals surface area contributed by atoms with Crippen LogP contribution in [0.5, 0.6) is 0 Å². The van der Waals surface area contributed by atoms with Gasteiger partial charge in [0.1, 0.15) is 5.60 Å². The molecular formula is C16H23N5O2. The van der Waals surface area contributed by atoms with Crippen molar-refractivity contribution >= 4 is 5.91 Å². The molecule has 1 amide bonds. The summed E-state index contributed by atoms with van der Waals surface area (Å²) in [5, 5.41) is 18.4. The van der Waals surface area contributed by atoms with Gasteiger partial charge in [-0.1, -0.05) is 5.21 Å². The van der Waals surface area contributed by atoms with Gasteiger partial charge in [0, 0.05) is 30.7 Å². The number of β-amino-alcohol motifs (C(OH)–C–C–N with tert-alkyl or cyclic N) is 1. The van der Waals surface area contributed by atoms with Crippen LogP contribution in [0.3, 0.4) is 0 Å². The van der Waals surface area contributed by atoms with Crippen molar-refractivity contribution in [2.45, 2.75) is 45.9 Å². The molecule has 1 aliphatic heterocycles. The summed E-state index contributed by atoms with van der Waals surface area (Å²) in [5.41, 5.74) is 1.86. The number of carbonyl (C=O) groups is 1. The van der Waals surface area contributed by atoms with E-state index in [2.05, 4.69) is 21.8 Å². The van der Waals surface area contributed by atoms with E-state index in [0.717, 1.165) is 23.5 Å². The number of amides is 1. The Labute approximate surface area is 135 Å². The fraction of sp³-hybridized carbons (Fsp3) is 0.562. The largest absolute Gasteiger partial charge is 0.386 e. The first-order valence-electron chi connectivity index (χ1n) is 7.96. The van der Waals surface area contributed by atoms with Crippen LogP contribution in [0.2, 0.25) is 0 Å². The van der Waals surface area contributed by atoms with Crippen LogP contribution in [-0.2, 0) is 13.1 Å². The van der Waals surface area contributed by atoms with Crippen LogP contribution in [0.25, 0.3) is 0 Å². The zero-order valence-electron chi connectivity index (χ0n) is 13.9. The molecule has 23 heavy (non-hydrogen) atoms. The highest BCUT2D eigenvalue weighted by Gasteiger charge is 2.39. The molecule has 1 saturated heterocycles. The van der Waals surface area contributed by atoms with E-state index in [1.165, 1.54) is 0 Å². The zero-order chi connectivity index (χ0) is 16.6. The number of aliphatic hydroxyl groups is 1. The SMILES string of the molecule is CCn1c(C)cc(C(=O)N2CCC(O)(Cn3ccnn3)C2)c1C. The molecule has 2 aromatic rings. The van der Waals surface area contributed by atoms with Gasteiger partial charge >= 0.3 is 0 Å². The molecule has 7 heteroatoms. The van der Waals surface area contributed by atoms with Crippen molar-refractivity contribution in [3.05, 3.63) is 35.4 Å². The first kappa shape index (κ1) is 15.7. The van der Waals surface area contributed by atoms with E-state index in [1.54, 1.807) is 22.0 Å². The lowest BCUT2D eigenvalue weighted by atomic mass is 10.0. The van der Waals surface area contributed by atoms with Gasteiger partial charge in [0.25, 0.3) is 5.91 Å². The van der Waals surface area contributed by atoms with Gasteiger partial charge in [-0.25, -0.2) is 4.68 Å². The smallest absolute Gasteiger partial charge is 0.255 e. The summed E-state index contributed by atoms with van der Waals surface area (Å²) < 4.78 is 3.74. The van der Waals surface area contributed by atoms with Gasteiger partial charge in [-0.05, 0) is 33.3 Å². The second kappa shape index (κ2) is 5.81. The molecule has 0 aromatic carbocycles. The lowest BCUT2D eigenvalue weighted by Gasteiger charge is -2.23. The molecule has 124 valence electrons. The second-order valence-electron chi connectivity index (χ2n) is 6.33. The van der Waals surface area contributed by atoms with E-state index in [9.17, 15) is 9.90 Å². The van der Waals surface area contributed by atoms with Gasteiger partial charge in [0.15, 0.2) is 0 Å². The summed E-state index contributed by atoms with van der Waals surface area (Å²) in [6.45, 7) is 8.13. The molecule has 2 aromatic heterocycles. The number of likely N-dealkylation sites (tertiary alicyclic amines) is 1. The summed E-state index contributed by atoms with van der Waals surface area (Å²) >= 11 is 0. The Balaban J connectivity index is 1.75. The van der Waals surface area contributed by atoms with Crippen LogP contribution in [0.4, 0.5) is 0 Å². The number of hydrogen-bond acceptors (Lipinski definition) is 4. The minimum atomic E-state index is -0.945. The minimum Gasteiger partial charge on any atom is -0.386 e. The number of aromatic nitrogens is 4. The van der Waals surface area contributed by atoms with Gasteiger partial charge in [0.2, 0.25) is 0 Å². The van der Waals surface area contributed by atoms with Gasteiger partial charge in [-0.3, -0.25) is 4.79 Å². The van der Waals surface area contributed by atoms with Crippen molar-refractivity contribution < 1.29 is 9.90 Å². The molecule has 3 heterocycles. The Hall–Kier alpha value is -2.15. The summed E-state index contributed by atoms with van der Waals surface area (Å²) in [6, 6.07) is 1.94. The zero-order valence-corrected chi connectivity index (χ0v) is 13.9. The fourth-order valence-electron chi connectivity index (χ4n) is 3.45. The van der Waals surface area contributed by atoms with E-state index in [1.807, 2.05) is 19.9 Å². The quantitative estimate of drug-likeness (QED) is 0.912. The Morgan fingerprint density at radius 2 is 2.22 bits per heavy atom. The molecule has 3 rings (SSSR count). The molecule has 0 spiro atoms.